The number of unbranched alkanes of at least 4 members (excludes halogenated alkanes) is 2. The summed E-state index contributed by atoms with van der Waals surface area (Å²) in [4.78, 5) is 34.9. The lowest BCUT2D eigenvalue weighted by Crippen LogP contribution is -2.20. The molecule has 0 bridgehead atoms. The molecule has 0 N–H and O–H groups in total. The summed E-state index contributed by atoms with van der Waals surface area (Å²) >= 11 is 0. The van der Waals surface area contributed by atoms with Gasteiger partial charge in [0.25, 0.3) is 0 Å². The number of carbonyl (C=O) groups is 2. The smallest absolute Gasteiger partial charge is 0.233 e. The van der Waals surface area contributed by atoms with Gasteiger partial charge in [-0.3, -0.25) is 14.4 Å². The number of hydrogen-bond donors (Lipinski definition) is 0. The molecule has 6 aromatic carbocycles. The SMILES string of the molecule is CCCCCc1ccc2c(c1)C(=O)c1ccccc1C2=O.O=[C]c1ccccc1.c1ccc(P(c2ccccc2)c2ccccc2)cc1. The summed E-state index contributed by atoms with van der Waals surface area (Å²) in [7, 11) is -0.446. The predicted molar refractivity (Wildman–Crippen MR) is 199 cm³/mol. The van der Waals surface area contributed by atoms with Gasteiger partial charge in [-0.1, -0.05) is 177 Å². The van der Waals surface area contributed by atoms with E-state index in [4.69, 9.17) is 0 Å². The number of fused-ring (bicyclic) bond motifs is 2. The number of ketones is 2. The zero-order chi connectivity index (χ0) is 33.6. The molecule has 48 heavy (non-hydrogen) atoms. The maximum absolute atomic E-state index is 12.6. The van der Waals surface area contributed by atoms with Gasteiger partial charge in [-0.25, -0.2) is 0 Å². The van der Waals surface area contributed by atoms with Gasteiger partial charge in [0.2, 0.25) is 6.29 Å². The van der Waals surface area contributed by atoms with Gasteiger partial charge in [-0.2, -0.15) is 0 Å². The van der Waals surface area contributed by atoms with Crippen LogP contribution in [0, 0.1) is 0 Å². The third-order valence-corrected chi connectivity index (χ3v) is 10.4. The van der Waals surface area contributed by atoms with Crippen LogP contribution in [-0.4, -0.2) is 17.9 Å². The zero-order valence-corrected chi connectivity index (χ0v) is 28.0. The Morgan fingerprint density at radius 2 is 0.896 bits per heavy atom. The fourth-order valence-electron chi connectivity index (χ4n) is 5.57. The minimum Gasteiger partial charge on any atom is -0.289 e. The van der Waals surface area contributed by atoms with Crippen molar-refractivity contribution < 1.29 is 14.4 Å². The molecule has 6 aromatic rings. The highest BCUT2D eigenvalue weighted by atomic mass is 31.1. The van der Waals surface area contributed by atoms with Crippen LogP contribution in [-0.2, 0) is 11.2 Å². The third-order valence-electron chi connectivity index (χ3n) is 7.99. The second kappa shape index (κ2) is 17.6. The number of carbonyl (C=O) groups excluding carboxylic acids is 3. The van der Waals surface area contributed by atoms with Crippen molar-refractivity contribution in [3.63, 3.8) is 0 Å². The van der Waals surface area contributed by atoms with Crippen molar-refractivity contribution in [2.24, 2.45) is 0 Å². The van der Waals surface area contributed by atoms with E-state index < -0.39 is 7.92 Å². The van der Waals surface area contributed by atoms with Crippen molar-refractivity contribution in [2.45, 2.75) is 32.6 Å². The molecule has 0 heterocycles. The van der Waals surface area contributed by atoms with Crippen molar-refractivity contribution in [2.75, 3.05) is 0 Å². The van der Waals surface area contributed by atoms with Crippen LogP contribution in [0.4, 0.5) is 0 Å². The van der Waals surface area contributed by atoms with Gasteiger partial charge in [0, 0.05) is 27.8 Å². The highest BCUT2D eigenvalue weighted by Gasteiger charge is 2.29. The summed E-state index contributed by atoms with van der Waals surface area (Å²) in [6.07, 6.45) is 6.22. The first kappa shape index (κ1) is 34.1. The Kier molecular flexibility index (Phi) is 12.5. The minimum absolute atomic E-state index is 0.0301. The quantitative estimate of drug-likeness (QED) is 0.123. The van der Waals surface area contributed by atoms with Crippen molar-refractivity contribution >= 4 is 41.7 Å². The lowest BCUT2D eigenvalue weighted by molar-refractivity contribution is 0.0979. The van der Waals surface area contributed by atoms with Crippen LogP contribution in [0.15, 0.2) is 164 Å². The van der Waals surface area contributed by atoms with E-state index in [1.165, 1.54) is 28.8 Å². The van der Waals surface area contributed by atoms with E-state index in [1.807, 2.05) is 24.3 Å². The molecule has 0 fully saturated rings. The lowest BCUT2D eigenvalue weighted by atomic mass is 9.83. The molecule has 0 atom stereocenters. The summed E-state index contributed by atoms with van der Waals surface area (Å²) < 4.78 is 0. The van der Waals surface area contributed by atoms with Crippen molar-refractivity contribution in [3.05, 3.63) is 197 Å². The molecular formula is C44H38O3P. The molecule has 7 rings (SSSR count). The Morgan fingerprint density at radius 3 is 1.33 bits per heavy atom. The largest absolute Gasteiger partial charge is 0.289 e. The predicted octanol–water partition coefficient (Wildman–Crippen LogP) is 8.78. The van der Waals surface area contributed by atoms with Gasteiger partial charge in [0.05, 0.1) is 0 Å². The maximum Gasteiger partial charge on any atom is 0.233 e. The Morgan fingerprint density at radius 1 is 0.479 bits per heavy atom. The Hall–Kier alpha value is -5.24. The van der Waals surface area contributed by atoms with Crippen LogP contribution in [0.3, 0.4) is 0 Å². The van der Waals surface area contributed by atoms with E-state index in [9.17, 15) is 14.4 Å². The van der Waals surface area contributed by atoms with Crippen LogP contribution in [0.1, 0.15) is 69.2 Å². The fraction of sp³-hybridized carbons (Fsp3) is 0.114. The average Bonchev–Trinajstić information content (AvgIpc) is 3.16. The fourth-order valence-corrected chi connectivity index (χ4v) is 7.87. The van der Waals surface area contributed by atoms with Crippen molar-refractivity contribution in [3.8, 4) is 0 Å². The van der Waals surface area contributed by atoms with Gasteiger partial charge in [-0.15, -0.1) is 0 Å². The molecular weight excluding hydrogens is 607 g/mol. The summed E-state index contributed by atoms with van der Waals surface area (Å²) in [6.45, 7) is 2.17. The van der Waals surface area contributed by atoms with Gasteiger partial charge >= 0.3 is 0 Å². The molecule has 0 amide bonds. The summed E-state index contributed by atoms with van der Waals surface area (Å²) in [5.41, 5.74) is 3.90. The molecule has 4 heteroatoms. The number of hydrogen-bond acceptors (Lipinski definition) is 3. The van der Waals surface area contributed by atoms with Crippen molar-refractivity contribution in [1.82, 2.24) is 0 Å². The molecule has 0 aromatic heterocycles. The van der Waals surface area contributed by atoms with Crippen LogP contribution in [0.5, 0.6) is 0 Å². The average molecular weight is 646 g/mol. The first-order valence-corrected chi connectivity index (χ1v) is 17.6. The number of rotatable bonds is 8. The summed E-state index contributed by atoms with van der Waals surface area (Å²) in [5.74, 6) is -0.0714. The molecule has 1 radical (unpaired) electrons. The van der Waals surface area contributed by atoms with Crippen LogP contribution >= 0.6 is 7.92 Å². The summed E-state index contributed by atoms with van der Waals surface area (Å²) in [6, 6.07) is 54.0. The minimum atomic E-state index is -0.446. The van der Waals surface area contributed by atoms with Gasteiger partial charge < -0.3 is 0 Å². The zero-order valence-electron chi connectivity index (χ0n) is 27.1. The standard InChI is InChI=1S/C19H18O2.C18H15P.C7H5O/c1-2-3-4-7-13-10-11-16-17(12-13)19(21)15-9-6-5-8-14(15)18(16)20;1-4-10-16(11-5-1)19(17-12-6-2-7-13-17)18-14-8-3-9-15-18;8-6-7-4-2-1-3-5-7/h5-6,8-12H,2-4,7H2,1H3;1-15H;1-5H. The molecule has 1 aliphatic carbocycles. The third kappa shape index (κ3) is 8.76. The van der Waals surface area contributed by atoms with E-state index in [0.717, 1.165) is 18.4 Å². The molecule has 0 saturated carbocycles. The molecule has 0 aliphatic heterocycles. The first-order chi connectivity index (χ1) is 23.6. The van der Waals surface area contributed by atoms with Gasteiger partial charge in [0.1, 0.15) is 0 Å². The van der Waals surface area contributed by atoms with Crippen LogP contribution in [0.25, 0.3) is 0 Å². The Bertz CT molecular complexity index is 1830. The maximum atomic E-state index is 12.6. The van der Waals surface area contributed by atoms with Crippen LogP contribution in [0.2, 0.25) is 0 Å². The first-order valence-electron chi connectivity index (χ1n) is 16.3. The molecule has 0 saturated heterocycles. The molecule has 0 spiro atoms. The topological polar surface area (TPSA) is 51.2 Å². The molecule has 1 aliphatic rings. The van der Waals surface area contributed by atoms with Crippen molar-refractivity contribution in [1.29, 1.82) is 0 Å². The van der Waals surface area contributed by atoms with Gasteiger partial charge in [0.15, 0.2) is 11.6 Å². The van der Waals surface area contributed by atoms with E-state index in [2.05, 4.69) is 97.9 Å². The normalized spacial score (nSPS) is 11.3. The number of benzene rings is 6. The van der Waals surface area contributed by atoms with Gasteiger partial charge in [-0.05, 0) is 48.3 Å². The molecule has 0 unspecified atom stereocenters. The Labute approximate surface area is 285 Å². The summed E-state index contributed by atoms with van der Waals surface area (Å²) in [5, 5.41) is 4.19. The second-order valence-electron chi connectivity index (χ2n) is 11.4. The number of aryl methyl sites for hydroxylation is 1. The lowest BCUT2D eigenvalue weighted by Gasteiger charge is -2.18. The second-order valence-corrected chi connectivity index (χ2v) is 13.6. The van der Waals surface area contributed by atoms with E-state index in [0.29, 0.717) is 27.8 Å². The highest BCUT2D eigenvalue weighted by Crippen LogP contribution is 2.32. The monoisotopic (exact) mass is 645 g/mol. The van der Waals surface area contributed by atoms with E-state index in [1.54, 1.807) is 54.8 Å². The Balaban J connectivity index is 0.000000154. The highest BCUT2D eigenvalue weighted by molar-refractivity contribution is 7.79. The molecule has 3 nitrogen and oxygen atoms in total. The molecule has 237 valence electrons. The van der Waals surface area contributed by atoms with E-state index >= 15 is 0 Å². The van der Waals surface area contributed by atoms with Crippen LogP contribution < -0.4 is 15.9 Å². The van der Waals surface area contributed by atoms with E-state index in [-0.39, 0.29) is 11.6 Å².